The van der Waals surface area contributed by atoms with Crippen LogP contribution in [0.3, 0.4) is 0 Å². The minimum absolute atomic E-state index is 0.0538. The Hall–Kier alpha value is -3.79. The summed E-state index contributed by atoms with van der Waals surface area (Å²) in [6.07, 6.45) is 1.66. The molecule has 3 rings (SSSR count). The molecule has 0 unspecified atom stereocenters. The van der Waals surface area contributed by atoms with Crippen LogP contribution in [0.4, 0.5) is 22.9 Å². The number of amides is 2. The van der Waals surface area contributed by atoms with Crippen LogP contribution >= 0.6 is 15.9 Å². The number of anilines is 3. The number of carbonyl (C=O) groups is 2. The highest BCUT2D eigenvalue weighted by atomic mass is 79.9. The number of aromatic nitrogens is 1. The smallest absolute Gasteiger partial charge is 0.292 e. The van der Waals surface area contributed by atoms with Crippen LogP contribution in [0.1, 0.15) is 16.8 Å². The number of para-hydroxylation sites is 2. The zero-order chi connectivity index (χ0) is 22.2. The molecule has 0 saturated heterocycles. The number of nitro groups is 1. The number of nitro benzene ring substituents is 1. The second-order valence-corrected chi connectivity index (χ2v) is 7.31. The van der Waals surface area contributed by atoms with Crippen molar-refractivity contribution in [2.45, 2.75) is 6.42 Å². The first kappa shape index (κ1) is 21.9. The summed E-state index contributed by atoms with van der Waals surface area (Å²) >= 11 is 3.28. The first-order valence-corrected chi connectivity index (χ1v) is 10.0. The molecule has 9 nitrogen and oxygen atoms in total. The van der Waals surface area contributed by atoms with Gasteiger partial charge in [0, 0.05) is 41.0 Å². The monoisotopic (exact) mass is 483 g/mol. The first-order valence-electron chi connectivity index (χ1n) is 9.22. The Kier molecular flexibility index (Phi) is 7.28. The van der Waals surface area contributed by atoms with E-state index >= 15 is 0 Å². The first-order chi connectivity index (χ1) is 14.9. The summed E-state index contributed by atoms with van der Waals surface area (Å²) in [5, 5.41) is 19.3. The van der Waals surface area contributed by atoms with Gasteiger partial charge in [0.1, 0.15) is 11.5 Å². The number of nitrogens with zero attached hydrogens (tertiary/aromatic N) is 2. The van der Waals surface area contributed by atoms with E-state index in [1.165, 1.54) is 6.07 Å². The molecule has 0 radical (unpaired) electrons. The molecular formula is C21H18BrN5O4. The molecule has 10 heteroatoms. The van der Waals surface area contributed by atoms with Gasteiger partial charge in [-0.1, -0.05) is 18.2 Å². The Morgan fingerprint density at radius 2 is 1.84 bits per heavy atom. The molecule has 0 bridgehead atoms. The van der Waals surface area contributed by atoms with Gasteiger partial charge in [-0.25, -0.2) is 4.98 Å². The van der Waals surface area contributed by atoms with E-state index in [0.29, 0.717) is 22.8 Å². The Labute approximate surface area is 186 Å². The summed E-state index contributed by atoms with van der Waals surface area (Å²) in [5.74, 6) is -0.245. The number of nitrogens with one attached hydrogen (secondary N) is 3. The van der Waals surface area contributed by atoms with Crippen LogP contribution in [0.25, 0.3) is 0 Å². The number of pyridine rings is 1. The number of hydrogen-bond acceptors (Lipinski definition) is 6. The van der Waals surface area contributed by atoms with Gasteiger partial charge in [0.05, 0.1) is 4.92 Å². The fourth-order valence-corrected chi connectivity index (χ4v) is 2.93. The summed E-state index contributed by atoms with van der Waals surface area (Å²) in [5.41, 5.74) is 1.12. The molecule has 0 fully saturated rings. The third-order valence-electron chi connectivity index (χ3n) is 4.15. The van der Waals surface area contributed by atoms with Crippen LogP contribution in [0.15, 0.2) is 71.3 Å². The zero-order valence-corrected chi connectivity index (χ0v) is 17.8. The summed E-state index contributed by atoms with van der Waals surface area (Å²) in [6.45, 7) is 0.214. The van der Waals surface area contributed by atoms with Gasteiger partial charge in [0.2, 0.25) is 5.91 Å². The standard InChI is InChI=1S/C21H18BrN5O4/c22-15-8-9-19(24-13-15)26-21(29)14-4-3-5-16(12-14)25-20(28)10-11-23-17-6-1-2-7-18(17)27(30)31/h1-9,12-13,23H,10-11H2,(H,25,28)(H,24,26,29). The van der Waals surface area contributed by atoms with Crippen molar-refractivity contribution in [1.82, 2.24) is 4.98 Å². The number of rotatable bonds is 8. The van der Waals surface area contributed by atoms with Crippen molar-refractivity contribution in [3.63, 3.8) is 0 Å². The minimum Gasteiger partial charge on any atom is -0.379 e. The van der Waals surface area contributed by atoms with Gasteiger partial charge >= 0.3 is 0 Å². The van der Waals surface area contributed by atoms with Crippen molar-refractivity contribution in [2.24, 2.45) is 0 Å². The molecule has 2 amide bonds. The highest BCUT2D eigenvalue weighted by Crippen LogP contribution is 2.23. The van der Waals surface area contributed by atoms with Crippen molar-refractivity contribution < 1.29 is 14.5 Å². The molecule has 0 aliphatic carbocycles. The van der Waals surface area contributed by atoms with Gasteiger partial charge in [-0.3, -0.25) is 19.7 Å². The van der Waals surface area contributed by atoms with Gasteiger partial charge in [-0.05, 0) is 52.3 Å². The van der Waals surface area contributed by atoms with Crippen molar-refractivity contribution in [3.8, 4) is 0 Å². The van der Waals surface area contributed by atoms with E-state index < -0.39 is 4.92 Å². The SMILES string of the molecule is O=C(CCNc1ccccc1[N+](=O)[O-])Nc1cccc(C(=O)Nc2ccc(Br)cn2)c1. The molecule has 1 aromatic heterocycles. The zero-order valence-electron chi connectivity index (χ0n) is 16.2. The predicted molar refractivity (Wildman–Crippen MR) is 121 cm³/mol. The largest absolute Gasteiger partial charge is 0.379 e. The van der Waals surface area contributed by atoms with Crippen LogP contribution in [0, 0.1) is 10.1 Å². The maximum Gasteiger partial charge on any atom is 0.292 e. The van der Waals surface area contributed by atoms with Crippen LogP contribution < -0.4 is 16.0 Å². The molecule has 158 valence electrons. The van der Waals surface area contributed by atoms with Crippen LogP contribution in [-0.2, 0) is 4.79 Å². The van der Waals surface area contributed by atoms with E-state index in [2.05, 4.69) is 36.9 Å². The topological polar surface area (TPSA) is 126 Å². The molecule has 0 aliphatic rings. The predicted octanol–water partition coefficient (Wildman–Crippen LogP) is 4.45. The van der Waals surface area contributed by atoms with E-state index in [1.807, 2.05) is 0 Å². The maximum atomic E-state index is 12.4. The fourth-order valence-electron chi connectivity index (χ4n) is 2.69. The highest BCUT2D eigenvalue weighted by Gasteiger charge is 2.13. The van der Waals surface area contributed by atoms with Crippen LogP contribution in [0.2, 0.25) is 0 Å². The summed E-state index contributed by atoms with van der Waals surface area (Å²) < 4.78 is 0.798. The van der Waals surface area contributed by atoms with Gasteiger partial charge in [-0.2, -0.15) is 0 Å². The Balaban J connectivity index is 1.54. The third kappa shape index (κ3) is 6.34. The van der Waals surface area contributed by atoms with Crippen molar-refractivity contribution >= 4 is 50.6 Å². The average molecular weight is 484 g/mol. The quantitative estimate of drug-likeness (QED) is 0.321. The fraction of sp³-hybridized carbons (Fsp3) is 0.0952. The van der Waals surface area contributed by atoms with E-state index in [1.54, 1.807) is 60.8 Å². The Morgan fingerprint density at radius 1 is 1.03 bits per heavy atom. The molecule has 3 aromatic rings. The molecule has 2 aromatic carbocycles. The molecule has 31 heavy (non-hydrogen) atoms. The Morgan fingerprint density at radius 3 is 2.58 bits per heavy atom. The highest BCUT2D eigenvalue weighted by molar-refractivity contribution is 9.10. The van der Waals surface area contributed by atoms with Gasteiger partial charge in [0.25, 0.3) is 11.6 Å². The van der Waals surface area contributed by atoms with Crippen LogP contribution in [0.5, 0.6) is 0 Å². The summed E-state index contributed by atoms with van der Waals surface area (Å²) in [6, 6.07) is 16.2. The average Bonchev–Trinajstić information content (AvgIpc) is 2.75. The summed E-state index contributed by atoms with van der Waals surface area (Å²) in [7, 11) is 0. The lowest BCUT2D eigenvalue weighted by molar-refractivity contribution is -0.384. The molecule has 3 N–H and O–H groups in total. The van der Waals surface area contributed by atoms with Crippen molar-refractivity contribution in [1.29, 1.82) is 0 Å². The third-order valence-corrected chi connectivity index (χ3v) is 4.61. The minimum atomic E-state index is -0.483. The molecule has 0 saturated carbocycles. The lowest BCUT2D eigenvalue weighted by Crippen LogP contribution is -2.17. The van der Waals surface area contributed by atoms with E-state index in [9.17, 15) is 19.7 Å². The normalized spacial score (nSPS) is 10.2. The molecule has 0 aliphatic heterocycles. The maximum absolute atomic E-state index is 12.4. The van der Waals surface area contributed by atoms with Crippen LogP contribution in [-0.4, -0.2) is 28.3 Å². The Bertz CT molecular complexity index is 1100. The van der Waals surface area contributed by atoms with Gasteiger partial charge < -0.3 is 16.0 Å². The molecule has 0 atom stereocenters. The second kappa shape index (κ2) is 10.3. The van der Waals surface area contributed by atoms with E-state index in [-0.39, 0.29) is 30.5 Å². The number of benzene rings is 2. The molecule has 1 heterocycles. The van der Waals surface area contributed by atoms with Crippen molar-refractivity contribution in [2.75, 3.05) is 22.5 Å². The van der Waals surface area contributed by atoms with E-state index in [4.69, 9.17) is 0 Å². The number of halogens is 1. The van der Waals surface area contributed by atoms with E-state index in [0.717, 1.165) is 4.47 Å². The summed E-state index contributed by atoms with van der Waals surface area (Å²) in [4.78, 5) is 39.3. The molecule has 0 spiro atoms. The number of carbonyl (C=O) groups excluding carboxylic acids is 2. The van der Waals surface area contributed by atoms with Gasteiger partial charge in [-0.15, -0.1) is 0 Å². The second-order valence-electron chi connectivity index (χ2n) is 6.40. The van der Waals surface area contributed by atoms with Crippen molar-refractivity contribution in [3.05, 3.63) is 87.0 Å². The lowest BCUT2D eigenvalue weighted by Gasteiger charge is -2.09. The lowest BCUT2D eigenvalue weighted by atomic mass is 10.2. The molecular weight excluding hydrogens is 466 g/mol. The number of hydrogen-bond donors (Lipinski definition) is 3. The van der Waals surface area contributed by atoms with Gasteiger partial charge in [0.15, 0.2) is 0 Å².